The van der Waals surface area contributed by atoms with Crippen molar-refractivity contribution in [3.63, 3.8) is 0 Å². The van der Waals surface area contributed by atoms with Crippen molar-refractivity contribution in [3.8, 4) is 0 Å². The lowest BCUT2D eigenvalue weighted by Crippen LogP contribution is -2.36. The maximum absolute atomic E-state index is 11.7. The Morgan fingerprint density at radius 3 is 2.56 bits per heavy atom. The molecule has 6 heteroatoms. The number of carbonyl (C=O) groups is 2. The fourth-order valence-corrected chi connectivity index (χ4v) is 1.38. The zero-order valence-corrected chi connectivity index (χ0v) is 11.1. The minimum absolute atomic E-state index is 0.0712. The summed E-state index contributed by atoms with van der Waals surface area (Å²) in [4.78, 5) is 24.9. The minimum atomic E-state index is -0.556. The molecule has 0 aliphatic carbocycles. The molecule has 100 valence electrons. The van der Waals surface area contributed by atoms with Gasteiger partial charge in [0.1, 0.15) is 5.69 Å². The van der Waals surface area contributed by atoms with Crippen LogP contribution in [0.3, 0.4) is 0 Å². The molecule has 0 bridgehead atoms. The quantitative estimate of drug-likeness (QED) is 0.798. The molecular formula is C12H19N3O3. The minimum Gasteiger partial charge on any atom is -0.451 e. The van der Waals surface area contributed by atoms with Gasteiger partial charge < -0.3 is 19.9 Å². The number of esters is 1. The van der Waals surface area contributed by atoms with Crippen LogP contribution in [0, 0.1) is 0 Å². The van der Waals surface area contributed by atoms with Gasteiger partial charge in [0.25, 0.3) is 5.91 Å². The highest BCUT2D eigenvalue weighted by atomic mass is 16.5. The number of ether oxygens (including phenoxy) is 1. The fourth-order valence-electron chi connectivity index (χ4n) is 1.38. The Morgan fingerprint density at radius 1 is 1.50 bits per heavy atom. The Balaban J connectivity index is 2.57. The number of nitrogen functional groups attached to an aromatic ring is 1. The van der Waals surface area contributed by atoms with E-state index >= 15 is 0 Å². The first-order valence-electron chi connectivity index (χ1n) is 5.67. The Kier molecular flexibility index (Phi) is 4.36. The van der Waals surface area contributed by atoms with E-state index < -0.39 is 5.97 Å². The van der Waals surface area contributed by atoms with Crippen LogP contribution < -0.4 is 5.73 Å². The van der Waals surface area contributed by atoms with Crippen LogP contribution in [0.2, 0.25) is 0 Å². The smallest absolute Gasteiger partial charge is 0.355 e. The third-order valence-corrected chi connectivity index (χ3v) is 2.73. The van der Waals surface area contributed by atoms with Gasteiger partial charge in [0.15, 0.2) is 6.61 Å². The van der Waals surface area contributed by atoms with E-state index in [1.807, 2.05) is 13.8 Å². The van der Waals surface area contributed by atoms with E-state index in [9.17, 15) is 9.59 Å². The fraction of sp³-hybridized carbons (Fsp3) is 0.500. The standard InChI is InChI=1S/C12H19N3O3/c1-8(2)15(4)11(16)7-18-12(17)10-5-9(13)6-14(10)3/h5-6,8H,7,13H2,1-4H3. The molecule has 0 aromatic carbocycles. The third kappa shape index (κ3) is 3.26. The highest BCUT2D eigenvalue weighted by Crippen LogP contribution is 2.10. The normalized spacial score (nSPS) is 10.5. The van der Waals surface area contributed by atoms with E-state index in [0.29, 0.717) is 11.4 Å². The monoisotopic (exact) mass is 253 g/mol. The van der Waals surface area contributed by atoms with Crippen LogP contribution in [0.4, 0.5) is 5.69 Å². The van der Waals surface area contributed by atoms with E-state index in [0.717, 1.165) is 0 Å². The Morgan fingerprint density at radius 2 is 2.11 bits per heavy atom. The molecule has 0 spiro atoms. The Bertz CT molecular complexity index is 451. The lowest BCUT2D eigenvalue weighted by Gasteiger charge is -2.21. The van der Waals surface area contributed by atoms with Gasteiger partial charge in [0.05, 0.1) is 5.69 Å². The third-order valence-electron chi connectivity index (χ3n) is 2.73. The average Bonchev–Trinajstić information content (AvgIpc) is 2.63. The number of nitrogens with two attached hydrogens (primary N) is 1. The molecule has 2 N–H and O–H groups in total. The molecule has 1 aromatic rings. The van der Waals surface area contributed by atoms with Crippen molar-refractivity contribution < 1.29 is 14.3 Å². The number of aromatic nitrogens is 1. The van der Waals surface area contributed by atoms with Gasteiger partial charge in [-0.1, -0.05) is 0 Å². The summed E-state index contributed by atoms with van der Waals surface area (Å²) in [6.07, 6.45) is 1.61. The van der Waals surface area contributed by atoms with E-state index in [2.05, 4.69) is 0 Å². The Labute approximate surface area is 106 Å². The SMILES string of the molecule is CC(C)N(C)C(=O)COC(=O)c1cc(N)cn1C. The van der Waals surface area contributed by atoms with Gasteiger partial charge in [-0.15, -0.1) is 0 Å². The predicted octanol–water partition coefficient (Wildman–Crippen LogP) is 0.631. The number of nitrogens with zero attached hydrogens (tertiary/aromatic N) is 2. The lowest BCUT2D eigenvalue weighted by molar-refractivity contribution is -0.134. The van der Waals surface area contributed by atoms with Crippen LogP contribution in [-0.2, 0) is 16.6 Å². The summed E-state index contributed by atoms with van der Waals surface area (Å²) in [7, 11) is 3.36. The molecule has 1 aromatic heterocycles. The number of anilines is 1. The molecule has 0 atom stereocenters. The van der Waals surface area contributed by atoms with Crippen LogP contribution in [0.1, 0.15) is 24.3 Å². The van der Waals surface area contributed by atoms with Crippen molar-refractivity contribution in [2.75, 3.05) is 19.4 Å². The van der Waals surface area contributed by atoms with Gasteiger partial charge in [-0.25, -0.2) is 4.79 Å². The van der Waals surface area contributed by atoms with Crippen molar-refractivity contribution in [1.82, 2.24) is 9.47 Å². The molecule has 6 nitrogen and oxygen atoms in total. The van der Waals surface area contributed by atoms with Gasteiger partial charge in [-0.2, -0.15) is 0 Å². The van der Waals surface area contributed by atoms with Crippen molar-refractivity contribution in [3.05, 3.63) is 18.0 Å². The summed E-state index contributed by atoms with van der Waals surface area (Å²) < 4.78 is 6.51. The molecule has 0 aliphatic heterocycles. The number of likely N-dealkylation sites (N-methyl/N-ethyl adjacent to an activating group) is 1. The molecule has 0 fully saturated rings. The maximum atomic E-state index is 11.7. The van der Waals surface area contributed by atoms with Crippen LogP contribution in [0.5, 0.6) is 0 Å². The van der Waals surface area contributed by atoms with E-state index in [1.54, 1.807) is 24.9 Å². The van der Waals surface area contributed by atoms with Crippen LogP contribution in [-0.4, -0.2) is 41.0 Å². The summed E-state index contributed by atoms with van der Waals surface area (Å²) in [5, 5.41) is 0. The molecular weight excluding hydrogens is 234 g/mol. The van der Waals surface area contributed by atoms with E-state index in [4.69, 9.17) is 10.5 Å². The van der Waals surface area contributed by atoms with Crippen molar-refractivity contribution in [2.24, 2.45) is 7.05 Å². The first kappa shape index (κ1) is 14.1. The zero-order chi connectivity index (χ0) is 13.9. The summed E-state index contributed by atoms with van der Waals surface area (Å²) in [6.45, 7) is 3.51. The van der Waals surface area contributed by atoms with Gasteiger partial charge in [0.2, 0.25) is 0 Å². The summed E-state index contributed by atoms with van der Waals surface area (Å²) >= 11 is 0. The maximum Gasteiger partial charge on any atom is 0.355 e. The molecule has 1 amide bonds. The number of aryl methyl sites for hydroxylation is 1. The van der Waals surface area contributed by atoms with E-state index in [1.165, 1.54) is 11.0 Å². The number of amides is 1. The van der Waals surface area contributed by atoms with Gasteiger partial charge in [0, 0.05) is 26.3 Å². The average molecular weight is 253 g/mol. The number of hydrogen-bond acceptors (Lipinski definition) is 4. The molecule has 18 heavy (non-hydrogen) atoms. The topological polar surface area (TPSA) is 77.6 Å². The first-order valence-corrected chi connectivity index (χ1v) is 5.67. The molecule has 0 saturated heterocycles. The number of carbonyl (C=O) groups excluding carboxylic acids is 2. The van der Waals surface area contributed by atoms with Gasteiger partial charge >= 0.3 is 5.97 Å². The zero-order valence-electron chi connectivity index (χ0n) is 11.1. The second-order valence-corrected chi connectivity index (χ2v) is 4.44. The van der Waals surface area contributed by atoms with Crippen LogP contribution >= 0.6 is 0 Å². The lowest BCUT2D eigenvalue weighted by atomic mass is 10.3. The van der Waals surface area contributed by atoms with Gasteiger partial charge in [-0.3, -0.25) is 4.79 Å². The summed E-state index contributed by atoms with van der Waals surface area (Å²) in [5.74, 6) is -0.791. The van der Waals surface area contributed by atoms with Crippen molar-refractivity contribution >= 4 is 17.6 Å². The first-order chi connectivity index (χ1) is 8.32. The Hall–Kier alpha value is -1.98. The second-order valence-electron chi connectivity index (χ2n) is 4.44. The van der Waals surface area contributed by atoms with Crippen molar-refractivity contribution in [2.45, 2.75) is 19.9 Å². The molecule has 1 heterocycles. The second kappa shape index (κ2) is 5.57. The number of hydrogen-bond donors (Lipinski definition) is 1. The molecule has 0 aliphatic rings. The van der Waals surface area contributed by atoms with Crippen LogP contribution in [0.15, 0.2) is 12.3 Å². The largest absolute Gasteiger partial charge is 0.451 e. The molecule has 0 unspecified atom stereocenters. The number of rotatable bonds is 4. The predicted molar refractivity (Wildman–Crippen MR) is 68.0 cm³/mol. The van der Waals surface area contributed by atoms with Crippen molar-refractivity contribution in [1.29, 1.82) is 0 Å². The summed E-state index contributed by atoms with van der Waals surface area (Å²) in [6, 6.07) is 1.58. The van der Waals surface area contributed by atoms with Gasteiger partial charge in [-0.05, 0) is 19.9 Å². The van der Waals surface area contributed by atoms with E-state index in [-0.39, 0.29) is 18.6 Å². The summed E-state index contributed by atoms with van der Waals surface area (Å²) in [5.41, 5.74) is 6.37. The highest BCUT2D eigenvalue weighted by molar-refractivity contribution is 5.91. The molecule has 0 radical (unpaired) electrons. The molecule has 0 saturated carbocycles. The molecule has 1 rings (SSSR count). The highest BCUT2D eigenvalue weighted by Gasteiger charge is 2.17. The van der Waals surface area contributed by atoms with Crippen LogP contribution in [0.25, 0.3) is 0 Å².